The summed E-state index contributed by atoms with van der Waals surface area (Å²) in [5.41, 5.74) is 7.97. The van der Waals surface area contributed by atoms with E-state index in [0.29, 0.717) is 0 Å². The van der Waals surface area contributed by atoms with Crippen LogP contribution in [-0.4, -0.2) is 0 Å². The smallest absolute Gasteiger partial charge is 0.000138 e. The van der Waals surface area contributed by atoms with Crippen LogP contribution in [0.2, 0.25) is 0 Å². The molecule has 0 saturated carbocycles. The van der Waals surface area contributed by atoms with Crippen LogP contribution in [0.4, 0.5) is 0 Å². The summed E-state index contributed by atoms with van der Waals surface area (Å²) in [6.45, 7) is 0. The van der Waals surface area contributed by atoms with Crippen molar-refractivity contribution in [2.45, 2.75) is 0 Å². The molecule has 0 aliphatic heterocycles. The minimum absolute atomic E-state index is 1.27. The molecule has 8 rings (SSSR count). The van der Waals surface area contributed by atoms with Gasteiger partial charge in [-0.3, -0.25) is 0 Å². The third kappa shape index (κ3) is 2.64. The van der Waals surface area contributed by atoms with Gasteiger partial charge < -0.3 is 0 Å². The Bertz CT molecular complexity index is 2110. The zero-order chi connectivity index (χ0) is 23.6. The molecule has 6 aromatic rings. The van der Waals surface area contributed by atoms with Crippen molar-refractivity contribution in [2.75, 3.05) is 0 Å². The molecule has 0 fully saturated rings. The highest BCUT2D eigenvalue weighted by Gasteiger charge is 2.30. The number of fused-ring (bicyclic) bond motifs is 6. The topological polar surface area (TPSA) is 0 Å². The van der Waals surface area contributed by atoms with Gasteiger partial charge in [-0.05, 0) is 88.0 Å². The zero-order valence-corrected chi connectivity index (χ0v) is 19.7. The molecular weight excluding hydrogens is 432 g/mol. The minimum Gasteiger partial charge on any atom is -0.0622 e. The van der Waals surface area contributed by atoms with E-state index in [2.05, 4.69) is 133 Å². The summed E-state index contributed by atoms with van der Waals surface area (Å²) >= 11 is 0. The van der Waals surface area contributed by atoms with Crippen LogP contribution in [0.5, 0.6) is 0 Å². The predicted molar refractivity (Wildman–Crippen MR) is 151 cm³/mol. The average molecular weight is 455 g/mol. The van der Waals surface area contributed by atoms with Crippen molar-refractivity contribution < 1.29 is 0 Å². The first kappa shape index (κ1) is 19.6. The summed E-state index contributed by atoms with van der Waals surface area (Å²) in [6, 6.07) is 48.8. The van der Waals surface area contributed by atoms with Gasteiger partial charge in [-0.15, -0.1) is 0 Å². The van der Waals surface area contributed by atoms with Gasteiger partial charge in [0.25, 0.3) is 0 Å². The second kappa shape index (κ2) is 7.41. The summed E-state index contributed by atoms with van der Waals surface area (Å²) in [7, 11) is 0. The molecule has 2 aliphatic rings. The normalized spacial score (nSPS) is 13.9. The van der Waals surface area contributed by atoms with Gasteiger partial charge in [-0.2, -0.15) is 0 Å². The van der Waals surface area contributed by atoms with Crippen molar-refractivity contribution in [3.8, 4) is 0 Å². The van der Waals surface area contributed by atoms with E-state index in [0.717, 1.165) is 0 Å². The lowest BCUT2D eigenvalue weighted by atomic mass is 9.91. The molecule has 0 nitrogen and oxygen atoms in total. The fraction of sp³-hybridized carbons (Fsp3) is 0. The molecule has 0 aromatic heterocycles. The fourth-order valence-electron chi connectivity index (χ4n) is 6.25. The Hall–Kier alpha value is -4.68. The third-order valence-corrected chi connectivity index (χ3v) is 7.75. The van der Waals surface area contributed by atoms with Gasteiger partial charge in [0.2, 0.25) is 0 Å². The minimum atomic E-state index is 1.27. The van der Waals surface area contributed by atoms with Crippen LogP contribution in [0, 0.1) is 0 Å². The van der Waals surface area contributed by atoms with Crippen LogP contribution in [0.1, 0.15) is 11.1 Å². The van der Waals surface area contributed by atoms with Crippen LogP contribution < -0.4 is 20.9 Å². The molecule has 0 amide bonds. The van der Waals surface area contributed by atoms with E-state index in [-0.39, 0.29) is 0 Å². The molecule has 0 atom stereocenters. The third-order valence-electron chi connectivity index (χ3n) is 7.75. The maximum absolute atomic E-state index is 2.41. The maximum Gasteiger partial charge on any atom is -0.000138 e. The molecule has 0 spiro atoms. The summed E-state index contributed by atoms with van der Waals surface area (Å²) in [6.07, 6.45) is 0. The van der Waals surface area contributed by atoms with Crippen LogP contribution in [0.25, 0.3) is 43.8 Å². The Morgan fingerprint density at radius 3 is 1.44 bits per heavy atom. The summed E-state index contributed by atoms with van der Waals surface area (Å²) < 4.78 is 0. The van der Waals surface area contributed by atoms with Crippen LogP contribution in [-0.2, 0) is 0 Å². The summed E-state index contributed by atoms with van der Waals surface area (Å²) in [5, 5.41) is 10.5. The van der Waals surface area contributed by atoms with Crippen molar-refractivity contribution in [1.29, 1.82) is 0 Å². The highest BCUT2D eigenvalue weighted by molar-refractivity contribution is 6.32. The molecule has 166 valence electrons. The van der Waals surface area contributed by atoms with E-state index in [1.54, 1.807) is 0 Å². The van der Waals surface area contributed by atoms with Gasteiger partial charge in [0.1, 0.15) is 0 Å². The van der Waals surface area contributed by atoms with Crippen molar-refractivity contribution >= 4 is 43.8 Å². The number of rotatable bonds is 2. The molecule has 0 saturated heterocycles. The second-order valence-electron chi connectivity index (χ2n) is 9.69. The van der Waals surface area contributed by atoms with Crippen molar-refractivity contribution in [1.82, 2.24) is 0 Å². The van der Waals surface area contributed by atoms with Crippen LogP contribution in [0.3, 0.4) is 0 Å². The van der Waals surface area contributed by atoms with Gasteiger partial charge in [0, 0.05) is 0 Å². The Balaban J connectivity index is 1.69. The van der Waals surface area contributed by atoms with Gasteiger partial charge in [0.05, 0.1) is 0 Å². The number of benzene rings is 6. The molecule has 6 aromatic carbocycles. The van der Waals surface area contributed by atoms with Crippen LogP contribution >= 0.6 is 0 Å². The van der Waals surface area contributed by atoms with Gasteiger partial charge in [0.15, 0.2) is 0 Å². The zero-order valence-electron chi connectivity index (χ0n) is 19.7. The molecular formula is C36H22. The van der Waals surface area contributed by atoms with Crippen molar-refractivity contribution in [2.24, 2.45) is 0 Å². The highest BCUT2D eigenvalue weighted by Crippen LogP contribution is 2.39. The first-order chi connectivity index (χ1) is 17.9. The van der Waals surface area contributed by atoms with E-state index in [1.165, 1.54) is 75.8 Å². The SMILES string of the molecule is c1ccc(C2=c3cc4ccccc4cc3=C3C(c4ccccc4)=c4ccc5ccccc5c4=C32)cc1. The highest BCUT2D eigenvalue weighted by atomic mass is 14.3. The molecule has 0 bridgehead atoms. The number of hydrogen-bond donors (Lipinski definition) is 0. The fourth-order valence-corrected chi connectivity index (χ4v) is 6.25. The Morgan fingerprint density at radius 2 is 0.806 bits per heavy atom. The molecule has 0 unspecified atom stereocenters. The average Bonchev–Trinajstić information content (AvgIpc) is 3.45. The molecule has 0 heterocycles. The molecule has 2 aliphatic carbocycles. The molecule has 0 N–H and O–H groups in total. The van der Waals surface area contributed by atoms with Gasteiger partial charge >= 0.3 is 0 Å². The predicted octanol–water partition coefficient (Wildman–Crippen LogP) is 5.42. The molecule has 0 radical (unpaired) electrons. The lowest BCUT2D eigenvalue weighted by Crippen LogP contribution is -2.29. The summed E-state index contributed by atoms with van der Waals surface area (Å²) in [4.78, 5) is 0. The Labute approximate surface area is 209 Å². The standard InChI is InChI=1S/C36H22/c1-3-12-24(13-4-1)32-29-20-19-23-11-9-10-18-28(23)34(29)36-33(25-14-5-2-6-15-25)30-21-26-16-7-8-17-27(26)22-31(30)35(32)36/h1-22H. The van der Waals surface area contributed by atoms with E-state index in [4.69, 9.17) is 0 Å². The van der Waals surface area contributed by atoms with E-state index in [1.807, 2.05) is 0 Å². The van der Waals surface area contributed by atoms with Gasteiger partial charge in [-0.1, -0.05) is 121 Å². The molecule has 0 heteroatoms. The van der Waals surface area contributed by atoms with Crippen molar-refractivity contribution in [3.05, 3.63) is 165 Å². The lowest BCUT2D eigenvalue weighted by molar-refractivity contribution is 1.51. The van der Waals surface area contributed by atoms with Crippen LogP contribution in [0.15, 0.2) is 133 Å². The monoisotopic (exact) mass is 454 g/mol. The van der Waals surface area contributed by atoms with Gasteiger partial charge in [-0.25, -0.2) is 0 Å². The second-order valence-corrected chi connectivity index (χ2v) is 9.69. The summed E-state index contributed by atoms with van der Waals surface area (Å²) in [5.74, 6) is 0. The largest absolute Gasteiger partial charge is 0.0622 e. The number of hydrogen-bond acceptors (Lipinski definition) is 0. The van der Waals surface area contributed by atoms with Crippen molar-refractivity contribution in [3.63, 3.8) is 0 Å². The Kier molecular flexibility index (Phi) is 4.03. The molecule has 36 heavy (non-hydrogen) atoms. The quantitative estimate of drug-likeness (QED) is 0.328. The lowest BCUT2D eigenvalue weighted by Gasteiger charge is -2.11. The van der Waals surface area contributed by atoms with E-state index >= 15 is 0 Å². The van der Waals surface area contributed by atoms with E-state index < -0.39 is 0 Å². The first-order valence-electron chi connectivity index (χ1n) is 12.5. The Morgan fingerprint density at radius 1 is 0.306 bits per heavy atom. The first-order valence-corrected chi connectivity index (χ1v) is 12.5. The maximum atomic E-state index is 2.41. The van der Waals surface area contributed by atoms with E-state index in [9.17, 15) is 0 Å².